The van der Waals surface area contributed by atoms with Gasteiger partial charge in [0.1, 0.15) is 22.3 Å². The molecular formula is C36H23NO2. The third kappa shape index (κ3) is 3.59. The first-order valence-corrected chi connectivity index (χ1v) is 13.1. The summed E-state index contributed by atoms with van der Waals surface area (Å²) in [5, 5.41) is 8.07. The van der Waals surface area contributed by atoms with Crippen molar-refractivity contribution in [1.29, 1.82) is 0 Å². The minimum absolute atomic E-state index is 0.862. The van der Waals surface area contributed by atoms with E-state index in [-0.39, 0.29) is 0 Å². The smallest absolute Gasteiger partial charge is 0.137 e. The van der Waals surface area contributed by atoms with Crippen molar-refractivity contribution in [2.24, 2.45) is 0 Å². The number of benzene rings is 6. The summed E-state index contributed by atoms with van der Waals surface area (Å²) in [6, 6.07) is 46.1. The summed E-state index contributed by atoms with van der Waals surface area (Å²) in [6.07, 6.45) is 0. The van der Waals surface area contributed by atoms with Gasteiger partial charge >= 0.3 is 0 Å². The highest BCUT2D eigenvalue weighted by Gasteiger charge is 2.15. The summed E-state index contributed by atoms with van der Waals surface area (Å²) in [7, 11) is 0. The van der Waals surface area contributed by atoms with Crippen LogP contribution in [0.3, 0.4) is 0 Å². The maximum Gasteiger partial charge on any atom is 0.137 e. The Morgan fingerprint density at radius 2 is 1.05 bits per heavy atom. The summed E-state index contributed by atoms with van der Waals surface area (Å²) < 4.78 is 12.5. The Balaban J connectivity index is 1.28. The van der Waals surface area contributed by atoms with E-state index >= 15 is 0 Å². The van der Waals surface area contributed by atoms with Gasteiger partial charge in [-0.05, 0) is 70.8 Å². The molecule has 0 aliphatic rings. The molecule has 0 saturated heterocycles. The predicted molar refractivity (Wildman–Crippen MR) is 162 cm³/mol. The molecule has 0 spiro atoms. The summed E-state index contributed by atoms with van der Waals surface area (Å²) in [5.41, 5.74) is 10.2. The second-order valence-corrected chi connectivity index (χ2v) is 9.84. The van der Waals surface area contributed by atoms with E-state index in [1.54, 1.807) is 0 Å². The van der Waals surface area contributed by atoms with Crippen LogP contribution in [0.2, 0.25) is 0 Å². The number of anilines is 2. The van der Waals surface area contributed by atoms with E-state index in [9.17, 15) is 0 Å². The maximum absolute atomic E-state index is 6.25. The van der Waals surface area contributed by atoms with Gasteiger partial charge in [0, 0.05) is 21.8 Å². The molecule has 2 heterocycles. The molecular weight excluding hydrogens is 478 g/mol. The highest BCUT2D eigenvalue weighted by atomic mass is 16.3. The first-order chi connectivity index (χ1) is 19.3. The first-order valence-electron chi connectivity index (χ1n) is 13.1. The van der Waals surface area contributed by atoms with Gasteiger partial charge in [0.05, 0.1) is 11.1 Å². The van der Waals surface area contributed by atoms with Crippen molar-refractivity contribution in [3.8, 4) is 22.3 Å². The van der Waals surface area contributed by atoms with E-state index in [4.69, 9.17) is 8.83 Å². The highest BCUT2D eigenvalue weighted by molar-refractivity contribution is 6.15. The van der Waals surface area contributed by atoms with E-state index in [1.807, 2.05) is 36.4 Å². The summed E-state index contributed by atoms with van der Waals surface area (Å²) >= 11 is 0. The van der Waals surface area contributed by atoms with E-state index in [1.165, 1.54) is 22.3 Å². The molecule has 6 aromatic carbocycles. The van der Waals surface area contributed by atoms with E-state index < -0.39 is 0 Å². The molecule has 3 heteroatoms. The molecule has 0 aliphatic carbocycles. The van der Waals surface area contributed by atoms with Gasteiger partial charge in [-0.15, -0.1) is 0 Å². The van der Waals surface area contributed by atoms with Crippen molar-refractivity contribution < 1.29 is 8.83 Å². The minimum atomic E-state index is 0.862. The summed E-state index contributed by atoms with van der Waals surface area (Å²) in [6.45, 7) is 0. The van der Waals surface area contributed by atoms with E-state index in [0.717, 1.165) is 55.3 Å². The van der Waals surface area contributed by atoms with Crippen molar-refractivity contribution in [2.75, 3.05) is 5.32 Å². The molecule has 3 nitrogen and oxygen atoms in total. The Labute approximate surface area is 224 Å². The van der Waals surface area contributed by atoms with Gasteiger partial charge < -0.3 is 14.2 Å². The van der Waals surface area contributed by atoms with Crippen LogP contribution >= 0.6 is 0 Å². The number of fused-ring (bicyclic) bond motifs is 6. The highest BCUT2D eigenvalue weighted by Crippen LogP contribution is 2.40. The standard InChI is InChI=1S/C36H23NO2/c1-3-9-23(10-4-1)25-17-19-31-28(21-25)36-30(14-8-16-34(36)39-31)37-26-18-20-32-29(22-26)35-27(13-7-15-33(35)38-32)24-11-5-2-6-12-24/h1-22,37H. The fraction of sp³-hybridized carbons (Fsp3) is 0. The normalized spacial score (nSPS) is 11.6. The van der Waals surface area contributed by atoms with Crippen molar-refractivity contribution in [1.82, 2.24) is 0 Å². The Bertz CT molecular complexity index is 2140. The van der Waals surface area contributed by atoms with E-state index in [2.05, 4.69) is 102 Å². The molecule has 0 fully saturated rings. The lowest BCUT2D eigenvalue weighted by atomic mass is 9.99. The Morgan fingerprint density at radius 1 is 0.410 bits per heavy atom. The molecule has 184 valence electrons. The average molecular weight is 502 g/mol. The molecule has 8 rings (SSSR count). The molecule has 0 unspecified atom stereocenters. The Hall–Kier alpha value is -5.28. The number of nitrogens with one attached hydrogen (secondary N) is 1. The zero-order chi connectivity index (χ0) is 25.8. The number of furan rings is 2. The number of rotatable bonds is 4. The second-order valence-electron chi connectivity index (χ2n) is 9.84. The molecule has 0 saturated carbocycles. The van der Waals surface area contributed by atoms with Crippen LogP contribution in [-0.4, -0.2) is 0 Å². The first kappa shape index (κ1) is 21.8. The van der Waals surface area contributed by atoms with Crippen LogP contribution < -0.4 is 5.32 Å². The van der Waals surface area contributed by atoms with E-state index in [0.29, 0.717) is 0 Å². The molecule has 39 heavy (non-hydrogen) atoms. The third-order valence-corrected chi connectivity index (χ3v) is 7.46. The van der Waals surface area contributed by atoms with Gasteiger partial charge in [-0.1, -0.05) is 84.9 Å². The summed E-state index contributed by atoms with van der Waals surface area (Å²) in [4.78, 5) is 0. The third-order valence-electron chi connectivity index (χ3n) is 7.46. The topological polar surface area (TPSA) is 38.3 Å². The quantitative estimate of drug-likeness (QED) is 0.261. The van der Waals surface area contributed by atoms with Crippen molar-refractivity contribution in [2.45, 2.75) is 0 Å². The SMILES string of the molecule is c1ccc(-c2ccc3oc4cccc(Nc5ccc6oc7cccc(-c8ccccc8)c7c6c5)c4c3c2)cc1. The molecule has 0 bridgehead atoms. The molecule has 1 N–H and O–H groups in total. The van der Waals surface area contributed by atoms with Gasteiger partial charge in [0.15, 0.2) is 0 Å². The van der Waals surface area contributed by atoms with Gasteiger partial charge in [0.2, 0.25) is 0 Å². The van der Waals surface area contributed by atoms with Crippen molar-refractivity contribution in [3.63, 3.8) is 0 Å². The second kappa shape index (κ2) is 8.64. The van der Waals surface area contributed by atoms with Crippen molar-refractivity contribution in [3.05, 3.63) is 133 Å². The molecule has 0 radical (unpaired) electrons. The lowest BCUT2D eigenvalue weighted by molar-refractivity contribution is 0.668. The predicted octanol–water partition coefficient (Wildman–Crippen LogP) is 10.6. The minimum Gasteiger partial charge on any atom is -0.456 e. The van der Waals surface area contributed by atoms with Crippen LogP contribution in [0.1, 0.15) is 0 Å². The summed E-state index contributed by atoms with van der Waals surface area (Å²) in [5.74, 6) is 0. The van der Waals surface area contributed by atoms with Gasteiger partial charge in [-0.3, -0.25) is 0 Å². The monoisotopic (exact) mass is 501 g/mol. The lowest BCUT2D eigenvalue weighted by Crippen LogP contribution is -1.90. The average Bonchev–Trinajstić information content (AvgIpc) is 3.56. The molecule has 8 aromatic rings. The van der Waals surface area contributed by atoms with Crippen LogP contribution in [0.5, 0.6) is 0 Å². The molecule has 0 amide bonds. The van der Waals surface area contributed by atoms with Crippen LogP contribution in [0.25, 0.3) is 66.1 Å². The van der Waals surface area contributed by atoms with Crippen molar-refractivity contribution >= 4 is 55.3 Å². The van der Waals surface area contributed by atoms with Crippen LogP contribution in [0, 0.1) is 0 Å². The number of hydrogen-bond acceptors (Lipinski definition) is 3. The molecule has 0 aliphatic heterocycles. The Kier molecular flexibility index (Phi) is 4.82. The zero-order valence-electron chi connectivity index (χ0n) is 21.0. The fourth-order valence-corrected chi connectivity index (χ4v) is 5.66. The zero-order valence-corrected chi connectivity index (χ0v) is 21.0. The van der Waals surface area contributed by atoms with Gasteiger partial charge in [-0.2, -0.15) is 0 Å². The molecule has 0 atom stereocenters. The maximum atomic E-state index is 6.25. The fourth-order valence-electron chi connectivity index (χ4n) is 5.66. The van der Waals surface area contributed by atoms with Gasteiger partial charge in [-0.25, -0.2) is 0 Å². The largest absolute Gasteiger partial charge is 0.456 e. The van der Waals surface area contributed by atoms with Crippen LogP contribution in [0.15, 0.2) is 142 Å². The lowest BCUT2D eigenvalue weighted by Gasteiger charge is -2.09. The van der Waals surface area contributed by atoms with Crippen LogP contribution in [-0.2, 0) is 0 Å². The number of hydrogen-bond donors (Lipinski definition) is 1. The van der Waals surface area contributed by atoms with Crippen LogP contribution in [0.4, 0.5) is 11.4 Å². The van der Waals surface area contributed by atoms with Gasteiger partial charge in [0.25, 0.3) is 0 Å². The molecule has 2 aromatic heterocycles. The Morgan fingerprint density at radius 3 is 1.82 bits per heavy atom.